The van der Waals surface area contributed by atoms with E-state index in [4.69, 9.17) is 9.84 Å². The van der Waals surface area contributed by atoms with E-state index in [1.807, 2.05) is 0 Å². The molecule has 0 amide bonds. The Labute approximate surface area is 110 Å². The van der Waals surface area contributed by atoms with Crippen LogP contribution < -0.4 is 0 Å². The van der Waals surface area contributed by atoms with Crippen LogP contribution in [0.2, 0.25) is 0 Å². The quantitative estimate of drug-likeness (QED) is 0.630. The molecule has 0 spiro atoms. The van der Waals surface area contributed by atoms with Gasteiger partial charge in [0.1, 0.15) is 17.8 Å². The molecule has 3 N–H and O–H groups in total. The third-order valence-electron chi connectivity index (χ3n) is 3.69. The van der Waals surface area contributed by atoms with Crippen LogP contribution in [0.15, 0.2) is 0 Å². The first-order chi connectivity index (χ1) is 8.10. The molecular weight excluding hydrogens is 232 g/mol. The number of epoxide rings is 1. The van der Waals surface area contributed by atoms with E-state index in [0.29, 0.717) is 5.92 Å². The number of rotatable bonds is 6. The highest BCUT2D eigenvalue weighted by Gasteiger charge is 2.59. The largest absolute Gasteiger partial charge is 0.394 e. The molecule has 0 aromatic heterocycles. The van der Waals surface area contributed by atoms with Crippen molar-refractivity contribution in [3.05, 3.63) is 0 Å². The summed E-state index contributed by atoms with van der Waals surface area (Å²) in [5, 5.41) is 28.2. The van der Waals surface area contributed by atoms with Crippen LogP contribution in [-0.2, 0) is 4.74 Å². The minimum Gasteiger partial charge on any atom is -0.394 e. The minimum atomic E-state index is -1.13. The average molecular weight is 260 g/mol. The molecule has 4 heteroatoms. The molecule has 0 bridgehead atoms. The van der Waals surface area contributed by atoms with E-state index in [1.165, 1.54) is 0 Å². The van der Waals surface area contributed by atoms with Gasteiger partial charge in [0.2, 0.25) is 0 Å². The Hall–Kier alpha value is -0.160. The van der Waals surface area contributed by atoms with Gasteiger partial charge in [0.25, 0.3) is 0 Å². The fourth-order valence-corrected chi connectivity index (χ4v) is 2.79. The third kappa shape index (κ3) is 3.92. The highest BCUT2D eigenvalue weighted by molar-refractivity contribution is 5.06. The second-order valence-electron chi connectivity index (χ2n) is 7.09. The van der Waals surface area contributed by atoms with Crippen molar-refractivity contribution in [3.63, 3.8) is 0 Å². The van der Waals surface area contributed by atoms with E-state index < -0.39 is 24.4 Å². The number of hydrogen-bond donors (Lipinski definition) is 3. The second-order valence-corrected chi connectivity index (χ2v) is 7.09. The molecule has 4 nitrogen and oxygen atoms in total. The Morgan fingerprint density at radius 3 is 2.28 bits per heavy atom. The van der Waals surface area contributed by atoms with Gasteiger partial charge in [-0.2, -0.15) is 0 Å². The monoisotopic (exact) mass is 260 g/mol. The first kappa shape index (κ1) is 15.9. The predicted molar refractivity (Wildman–Crippen MR) is 70.2 cm³/mol. The maximum Gasteiger partial charge on any atom is 0.120 e. The van der Waals surface area contributed by atoms with Crippen LogP contribution in [0.1, 0.15) is 47.5 Å². The van der Waals surface area contributed by atoms with E-state index in [2.05, 4.69) is 27.7 Å². The number of aliphatic hydroxyl groups excluding tert-OH is 3. The van der Waals surface area contributed by atoms with Gasteiger partial charge in [-0.05, 0) is 31.1 Å². The third-order valence-corrected chi connectivity index (χ3v) is 3.69. The fraction of sp³-hybridized carbons (Fsp3) is 1.00. The normalized spacial score (nSPS) is 33.0. The van der Waals surface area contributed by atoms with E-state index in [9.17, 15) is 10.2 Å². The molecule has 5 atom stereocenters. The van der Waals surface area contributed by atoms with Crippen molar-refractivity contribution in [2.45, 2.75) is 71.4 Å². The fourth-order valence-electron chi connectivity index (χ4n) is 2.79. The first-order valence-corrected chi connectivity index (χ1v) is 6.75. The van der Waals surface area contributed by atoms with E-state index in [1.54, 1.807) is 6.92 Å². The lowest BCUT2D eigenvalue weighted by molar-refractivity contribution is -0.0490. The second kappa shape index (κ2) is 5.45. The average Bonchev–Trinajstić information content (AvgIpc) is 2.85. The van der Waals surface area contributed by atoms with Crippen LogP contribution in [0.4, 0.5) is 0 Å². The van der Waals surface area contributed by atoms with Crippen molar-refractivity contribution in [3.8, 4) is 0 Å². The summed E-state index contributed by atoms with van der Waals surface area (Å²) in [4.78, 5) is 0. The molecule has 108 valence electrons. The molecule has 5 unspecified atom stereocenters. The molecule has 1 fully saturated rings. The predicted octanol–water partition coefficient (Wildman–Crippen LogP) is 1.32. The van der Waals surface area contributed by atoms with Gasteiger partial charge in [-0.25, -0.2) is 0 Å². The molecule has 18 heavy (non-hydrogen) atoms. The van der Waals surface area contributed by atoms with Crippen molar-refractivity contribution in [1.82, 2.24) is 0 Å². The van der Waals surface area contributed by atoms with Gasteiger partial charge in [0.05, 0.1) is 12.7 Å². The van der Waals surface area contributed by atoms with Gasteiger partial charge in [-0.3, -0.25) is 0 Å². The Balaban J connectivity index is 2.44. The SMILES string of the molecule is CC(CC1OC1(C)C(O)C(O)CO)CC(C)(C)C. The van der Waals surface area contributed by atoms with E-state index in [0.717, 1.165) is 12.8 Å². The number of aliphatic hydroxyl groups is 3. The molecule has 1 aliphatic rings. The van der Waals surface area contributed by atoms with Gasteiger partial charge in [-0.15, -0.1) is 0 Å². The van der Waals surface area contributed by atoms with Crippen molar-refractivity contribution in [2.75, 3.05) is 6.61 Å². The topological polar surface area (TPSA) is 73.2 Å². The maximum absolute atomic E-state index is 9.90. The van der Waals surface area contributed by atoms with Crippen LogP contribution in [-0.4, -0.2) is 45.8 Å². The molecule has 1 saturated heterocycles. The summed E-state index contributed by atoms with van der Waals surface area (Å²) in [6.07, 6.45) is -0.191. The Kier molecular flexibility index (Phi) is 4.81. The molecule has 1 rings (SSSR count). The van der Waals surface area contributed by atoms with Gasteiger partial charge in [-0.1, -0.05) is 27.7 Å². The highest BCUT2D eigenvalue weighted by atomic mass is 16.6. The van der Waals surface area contributed by atoms with E-state index in [-0.39, 0.29) is 11.5 Å². The van der Waals surface area contributed by atoms with Crippen LogP contribution >= 0.6 is 0 Å². The van der Waals surface area contributed by atoms with Gasteiger partial charge >= 0.3 is 0 Å². The molecular formula is C14H28O4. The number of ether oxygens (including phenoxy) is 1. The van der Waals surface area contributed by atoms with Crippen molar-refractivity contribution in [1.29, 1.82) is 0 Å². The Bertz CT molecular complexity index is 273. The molecule has 1 aliphatic heterocycles. The molecule has 1 heterocycles. The van der Waals surface area contributed by atoms with E-state index >= 15 is 0 Å². The number of hydrogen-bond acceptors (Lipinski definition) is 4. The van der Waals surface area contributed by atoms with Crippen LogP contribution in [0.5, 0.6) is 0 Å². The summed E-state index contributed by atoms with van der Waals surface area (Å²) < 4.78 is 5.55. The summed E-state index contributed by atoms with van der Waals surface area (Å²) in [6, 6.07) is 0. The molecule has 0 saturated carbocycles. The van der Waals surface area contributed by atoms with Crippen LogP contribution in [0.25, 0.3) is 0 Å². The lowest BCUT2D eigenvalue weighted by atomic mass is 9.82. The Morgan fingerprint density at radius 2 is 1.83 bits per heavy atom. The zero-order chi connectivity index (χ0) is 14.1. The summed E-state index contributed by atoms with van der Waals surface area (Å²) in [5.74, 6) is 0.510. The van der Waals surface area contributed by atoms with Gasteiger partial charge in [0, 0.05) is 0 Å². The molecule has 0 aromatic rings. The lowest BCUT2D eigenvalue weighted by Crippen LogP contribution is -2.41. The smallest absolute Gasteiger partial charge is 0.120 e. The lowest BCUT2D eigenvalue weighted by Gasteiger charge is -2.24. The molecule has 0 aliphatic carbocycles. The minimum absolute atomic E-state index is 0.0222. The maximum atomic E-state index is 9.90. The summed E-state index contributed by atoms with van der Waals surface area (Å²) in [7, 11) is 0. The summed E-state index contributed by atoms with van der Waals surface area (Å²) in [6.45, 7) is 10.2. The summed E-state index contributed by atoms with van der Waals surface area (Å²) >= 11 is 0. The molecule has 0 radical (unpaired) electrons. The highest BCUT2D eigenvalue weighted by Crippen LogP contribution is 2.45. The van der Waals surface area contributed by atoms with Crippen LogP contribution in [0, 0.1) is 11.3 Å². The zero-order valence-corrected chi connectivity index (χ0v) is 12.2. The summed E-state index contributed by atoms with van der Waals surface area (Å²) in [5.41, 5.74) is -0.414. The standard InChI is InChI=1S/C14H28O4/c1-9(7-13(2,3)4)6-11-14(5,18-11)12(17)10(16)8-15/h9-12,15-17H,6-8H2,1-5H3. The first-order valence-electron chi connectivity index (χ1n) is 6.75. The van der Waals surface area contributed by atoms with Crippen molar-refractivity contribution < 1.29 is 20.1 Å². The van der Waals surface area contributed by atoms with Crippen molar-refractivity contribution >= 4 is 0 Å². The molecule has 0 aromatic carbocycles. The zero-order valence-electron chi connectivity index (χ0n) is 12.2. The van der Waals surface area contributed by atoms with Gasteiger partial charge < -0.3 is 20.1 Å². The van der Waals surface area contributed by atoms with Crippen molar-refractivity contribution in [2.24, 2.45) is 11.3 Å². The van der Waals surface area contributed by atoms with Crippen LogP contribution in [0.3, 0.4) is 0 Å². The van der Waals surface area contributed by atoms with Gasteiger partial charge in [0.15, 0.2) is 0 Å². The Morgan fingerprint density at radius 1 is 1.28 bits per heavy atom.